The van der Waals surface area contributed by atoms with Gasteiger partial charge in [0.1, 0.15) is 6.73 Å². The van der Waals surface area contributed by atoms with Crippen LogP contribution in [0, 0.1) is 13.8 Å². The van der Waals surface area contributed by atoms with Gasteiger partial charge in [0.15, 0.2) is 0 Å². The zero-order valence-corrected chi connectivity index (χ0v) is 9.82. The molecule has 0 aliphatic carbocycles. The SMILES string of the molecule is Cc1ccc(C(=O)N2CCCOC2)cc1C. The highest BCUT2D eigenvalue weighted by molar-refractivity contribution is 5.94. The number of carbonyl (C=O) groups is 1. The Labute approximate surface area is 96.0 Å². The maximum Gasteiger partial charge on any atom is 0.255 e. The molecular formula is C13H17NO2. The molecule has 3 nitrogen and oxygen atoms in total. The van der Waals surface area contributed by atoms with E-state index in [-0.39, 0.29) is 5.91 Å². The Morgan fingerprint density at radius 3 is 2.75 bits per heavy atom. The van der Waals surface area contributed by atoms with Crippen molar-refractivity contribution in [3.05, 3.63) is 34.9 Å². The minimum Gasteiger partial charge on any atom is -0.361 e. The van der Waals surface area contributed by atoms with Crippen LogP contribution in [0.25, 0.3) is 0 Å². The topological polar surface area (TPSA) is 29.5 Å². The van der Waals surface area contributed by atoms with E-state index < -0.39 is 0 Å². The lowest BCUT2D eigenvalue weighted by Crippen LogP contribution is -2.38. The van der Waals surface area contributed by atoms with Gasteiger partial charge in [-0.1, -0.05) is 6.07 Å². The highest BCUT2D eigenvalue weighted by Crippen LogP contribution is 2.13. The summed E-state index contributed by atoms with van der Waals surface area (Å²) < 4.78 is 5.28. The molecule has 0 unspecified atom stereocenters. The van der Waals surface area contributed by atoms with Gasteiger partial charge in [0.2, 0.25) is 0 Å². The standard InChI is InChI=1S/C13H17NO2/c1-10-4-5-12(8-11(10)2)13(15)14-6-3-7-16-9-14/h4-5,8H,3,6-7,9H2,1-2H3. The summed E-state index contributed by atoms with van der Waals surface area (Å²) in [6.45, 7) is 6.06. The van der Waals surface area contributed by atoms with Crippen LogP contribution < -0.4 is 0 Å². The molecule has 1 fully saturated rings. The quantitative estimate of drug-likeness (QED) is 0.724. The van der Waals surface area contributed by atoms with E-state index in [2.05, 4.69) is 0 Å². The van der Waals surface area contributed by atoms with Gasteiger partial charge in [-0.2, -0.15) is 0 Å². The molecule has 16 heavy (non-hydrogen) atoms. The molecule has 1 aliphatic rings. The average Bonchev–Trinajstić information content (AvgIpc) is 2.33. The molecule has 1 saturated heterocycles. The molecule has 1 aromatic carbocycles. The Balaban J connectivity index is 2.16. The van der Waals surface area contributed by atoms with Gasteiger partial charge in [-0.25, -0.2) is 0 Å². The molecule has 1 aliphatic heterocycles. The minimum absolute atomic E-state index is 0.0720. The molecule has 0 bridgehead atoms. The fourth-order valence-electron chi connectivity index (χ4n) is 1.81. The van der Waals surface area contributed by atoms with Gasteiger partial charge in [-0.15, -0.1) is 0 Å². The van der Waals surface area contributed by atoms with Crippen molar-refractivity contribution in [1.29, 1.82) is 0 Å². The molecule has 0 saturated carbocycles. The Hall–Kier alpha value is -1.35. The van der Waals surface area contributed by atoms with Crippen molar-refractivity contribution in [2.24, 2.45) is 0 Å². The molecule has 3 heteroatoms. The van der Waals surface area contributed by atoms with Crippen LogP contribution in [0.4, 0.5) is 0 Å². The summed E-state index contributed by atoms with van der Waals surface area (Å²) in [5.41, 5.74) is 3.13. The van der Waals surface area contributed by atoms with Crippen molar-refractivity contribution >= 4 is 5.91 Å². The lowest BCUT2D eigenvalue weighted by molar-refractivity contribution is -0.00571. The Morgan fingerprint density at radius 2 is 2.12 bits per heavy atom. The third-order valence-corrected chi connectivity index (χ3v) is 3.00. The number of amides is 1. The molecule has 0 spiro atoms. The van der Waals surface area contributed by atoms with E-state index in [0.717, 1.165) is 30.7 Å². The van der Waals surface area contributed by atoms with Gasteiger partial charge in [0.25, 0.3) is 5.91 Å². The van der Waals surface area contributed by atoms with Crippen LogP contribution in [0.1, 0.15) is 27.9 Å². The van der Waals surface area contributed by atoms with Gasteiger partial charge >= 0.3 is 0 Å². The smallest absolute Gasteiger partial charge is 0.255 e. The van der Waals surface area contributed by atoms with Crippen molar-refractivity contribution in [3.63, 3.8) is 0 Å². The molecule has 1 amide bonds. The summed E-state index contributed by atoms with van der Waals surface area (Å²) in [6, 6.07) is 5.83. The lowest BCUT2D eigenvalue weighted by atomic mass is 10.1. The second-order valence-electron chi connectivity index (χ2n) is 4.26. The first-order valence-electron chi connectivity index (χ1n) is 5.63. The highest BCUT2D eigenvalue weighted by atomic mass is 16.5. The lowest BCUT2D eigenvalue weighted by Gasteiger charge is -2.26. The Kier molecular flexibility index (Phi) is 3.25. The molecule has 2 rings (SSSR count). The number of hydrogen-bond donors (Lipinski definition) is 0. The zero-order chi connectivity index (χ0) is 11.5. The summed E-state index contributed by atoms with van der Waals surface area (Å²) >= 11 is 0. The fraction of sp³-hybridized carbons (Fsp3) is 0.462. The molecular weight excluding hydrogens is 202 g/mol. The van der Waals surface area contributed by atoms with Crippen LogP contribution in [0.5, 0.6) is 0 Å². The van der Waals surface area contributed by atoms with Crippen molar-refractivity contribution in [1.82, 2.24) is 4.90 Å². The van der Waals surface area contributed by atoms with Gasteiger partial charge in [0.05, 0.1) is 6.61 Å². The van der Waals surface area contributed by atoms with Gasteiger partial charge in [-0.05, 0) is 43.5 Å². The second-order valence-corrected chi connectivity index (χ2v) is 4.26. The van der Waals surface area contributed by atoms with Gasteiger partial charge in [0, 0.05) is 12.1 Å². The van der Waals surface area contributed by atoms with Crippen molar-refractivity contribution in [2.75, 3.05) is 19.9 Å². The summed E-state index contributed by atoms with van der Waals surface area (Å²) in [5.74, 6) is 0.0720. The zero-order valence-electron chi connectivity index (χ0n) is 9.82. The van der Waals surface area contributed by atoms with Crippen LogP contribution in [0.3, 0.4) is 0 Å². The van der Waals surface area contributed by atoms with Crippen LogP contribution >= 0.6 is 0 Å². The van der Waals surface area contributed by atoms with E-state index in [4.69, 9.17) is 4.74 Å². The Bertz CT molecular complexity index is 395. The number of carbonyl (C=O) groups excluding carboxylic acids is 1. The van der Waals surface area contributed by atoms with Crippen LogP contribution in [0.15, 0.2) is 18.2 Å². The van der Waals surface area contributed by atoms with E-state index in [9.17, 15) is 4.79 Å². The highest BCUT2D eigenvalue weighted by Gasteiger charge is 2.18. The molecule has 0 N–H and O–H groups in total. The predicted octanol–water partition coefficient (Wildman–Crippen LogP) is 2.12. The molecule has 1 aromatic rings. The van der Waals surface area contributed by atoms with E-state index in [0.29, 0.717) is 6.73 Å². The van der Waals surface area contributed by atoms with Crippen molar-refractivity contribution < 1.29 is 9.53 Å². The largest absolute Gasteiger partial charge is 0.361 e. The number of nitrogens with zero attached hydrogens (tertiary/aromatic N) is 1. The Morgan fingerprint density at radius 1 is 1.31 bits per heavy atom. The first-order valence-corrected chi connectivity index (χ1v) is 5.63. The molecule has 0 atom stereocenters. The number of aryl methyl sites for hydroxylation is 2. The molecule has 0 radical (unpaired) electrons. The van der Waals surface area contributed by atoms with Crippen LogP contribution in [0.2, 0.25) is 0 Å². The summed E-state index contributed by atoms with van der Waals surface area (Å²) in [6.07, 6.45) is 0.927. The monoisotopic (exact) mass is 219 g/mol. The first kappa shape index (κ1) is 11.1. The summed E-state index contributed by atoms with van der Waals surface area (Å²) in [5, 5.41) is 0. The van der Waals surface area contributed by atoms with Crippen molar-refractivity contribution in [3.8, 4) is 0 Å². The molecule has 0 aromatic heterocycles. The average molecular weight is 219 g/mol. The van der Waals surface area contributed by atoms with Crippen LogP contribution in [-0.2, 0) is 4.74 Å². The van der Waals surface area contributed by atoms with Crippen molar-refractivity contribution in [2.45, 2.75) is 20.3 Å². The van der Waals surface area contributed by atoms with Crippen LogP contribution in [-0.4, -0.2) is 30.7 Å². The number of hydrogen-bond acceptors (Lipinski definition) is 2. The number of benzene rings is 1. The van der Waals surface area contributed by atoms with E-state index in [1.807, 2.05) is 32.0 Å². The van der Waals surface area contributed by atoms with E-state index >= 15 is 0 Å². The maximum atomic E-state index is 12.1. The van der Waals surface area contributed by atoms with Gasteiger partial charge in [-0.3, -0.25) is 4.79 Å². The molecule has 86 valence electrons. The third-order valence-electron chi connectivity index (χ3n) is 3.00. The number of rotatable bonds is 1. The summed E-state index contributed by atoms with van der Waals surface area (Å²) in [7, 11) is 0. The fourth-order valence-corrected chi connectivity index (χ4v) is 1.81. The van der Waals surface area contributed by atoms with Gasteiger partial charge < -0.3 is 9.64 Å². The predicted molar refractivity (Wildman–Crippen MR) is 62.4 cm³/mol. The van der Waals surface area contributed by atoms with E-state index in [1.165, 1.54) is 5.56 Å². The maximum absolute atomic E-state index is 12.1. The summed E-state index contributed by atoms with van der Waals surface area (Å²) in [4.78, 5) is 13.9. The molecule has 1 heterocycles. The normalized spacial score (nSPS) is 16.2. The second kappa shape index (κ2) is 4.66. The number of ether oxygens (including phenoxy) is 1. The van der Waals surface area contributed by atoms with E-state index in [1.54, 1.807) is 4.90 Å². The minimum atomic E-state index is 0.0720. The third kappa shape index (κ3) is 2.25. The first-order chi connectivity index (χ1) is 7.68.